The summed E-state index contributed by atoms with van der Waals surface area (Å²) in [6.07, 6.45) is 0.817. The number of hydrogen-bond acceptors (Lipinski definition) is 7. The molecule has 0 aliphatic carbocycles. The molecular formula is C16H19N3O4S2. The third kappa shape index (κ3) is 4.82. The zero-order valence-corrected chi connectivity index (χ0v) is 15.4. The Morgan fingerprint density at radius 1 is 1.36 bits per heavy atom. The van der Waals surface area contributed by atoms with E-state index in [0.29, 0.717) is 17.4 Å². The zero-order valence-electron chi connectivity index (χ0n) is 13.8. The van der Waals surface area contributed by atoms with Crippen molar-refractivity contribution in [2.24, 2.45) is 0 Å². The Bertz CT molecular complexity index is 847. The first-order valence-electron chi connectivity index (χ1n) is 7.99. The number of sulfone groups is 1. The summed E-state index contributed by atoms with van der Waals surface area (Å²) in [6, 6.07) is 8.03. The molecule has 9 heteroatoms. The third-order valence-electron chi connectivity index (χ3n) is 3.91. The van der Waals surface area contributed by atoms with Gasteiger partial charge in [-0.15, -0.1) is 5.10 Å². The van der Waals surface area contributed by atoms with Crippen LogP contribution in [-0.2, 0) is 25.8 Å². The quantitative estimate of drug-likeness (QED) is 0.602. The number of aromatic nitrogens is 3. The fourth-order valence-corrected chi connectivity index (χ4v) is 4.71. The molecule has 134 valence electrons. The highest BCUT2D eigenvalue weighted by Gasteiger charge is 2.30. The molecule has 0 radical (unpaired) electrons. The van der Waals surface area contributed by atoms with Gasteiger partial charge in [-0.05, 0) is 18.4 Å². The molecule has 1 fully saturated rings. The van der Waals surface area contributed by atoms with Gasteiger partial charge in [0.1, 0.15) is 6.10 Å². The molecule has 2 heterocycles. The number of hydrogen-bond donors (Lipinski definition) is 1. The van der Waals surface area contributed by atoms with Crippen LogP contribution in [0.3, 0.4) is 0 Å². The molecular weight excluding hydrogens is 362 g/mol. The monoisotopic (exact) mass is 381 g/mol. The maximum Gasteiger partial charge on any atom is 0.316 e. The van der Waals surface area contributed by atoms with Crippen molar-refractivity contribution >= 4 is 27.6 Å². The average molecular weight is 381 g/mol. The smallest absolute Gasteiger partial charge is 0.316 e. The Kier molecular flexibility index (Phi) is 5.43. The van der Waals surface area contributed by atoms with Crippen LogP contribution in [0.2, 0.25) is 0 Å². The summed E-state index contributed by atoms with van der Waals surface area (Å²) in [5.74, 6) is 0.232. The first-order chi connectivity index (χ1) is 11.9. The number of nitrogens with zero attached hydrogens (tertiary/aromatic N) is 2. The number of aromatic amines is 1. The van der Waals surface area contributed by atoms with Gasteiger partial charge in [0.05, 0.1) is 17.3 Å². The minimum Gasteiger partial charge on any atom is -0.461 e. The number of nitrogens with one attached hydrogen (secondary N) is 1. The summed E-state index contributed by atoms with van der Waals surface area (Å²) in [6.45, 7) is 2.10. The van der Waals surface area contributed by atoms with Crippen molar-refractivity contribution in [3.05, 3.63) is 29.8 Å². The lowest BCUT2D eigenvalue weighted by Gasteiger charge is -2.08. The Morgan fingerprint density at radius 3 is 2.76 bits per heavy atom. The standard InChI is InChI=1S/C16H19N3O4S2/c1-2-11-3-5-12(6-4-11)15-17-16(19-18-15)24-9-14(20)23-13-7-8-25(21,22)10-13/h3-6,13H,2,7-10H2,1H3,(H,17,18,19)/t13-/m0/s1. The number of esters is 1. The molecule has 7 nitrogen and oxygen atoms in total. The van der Waals surface area contributed by atoms with Crippen molar-refractivity contribution in [2.75, 3.05) is 17.3 Å². The number of rotatable bonds is 6. The number of thioether (sulfide) groups is 1. The van der Waals surface area contributed by atoms with E-state index in [1.807, 2.05) is 24.3 Å². The van der Waals surface area contributed by atoms with Crippen molar-refractivity contribution in [2.45, 2.75) is 31.0 Å². The summed E-state index contributed by atoms with van der Waals surface area (Å²) in [5, 5.41) is 7.39. The van der Waals surface area contributed by atoms with Crippen LogP contribution in [0.5, 0.6) is 0 Å². The van der Waals surface area contributed by atoms with Gasteiger partial charge in [0.15, 0.2) is 15.7 Å². The number of ether oxygens (including phenoxy) is 1. The van der Waals surface area contributed by atoms with Crippen LogP contribution < -0.4 is 0 Å². The molecule has 0 spiro atoms. The van der Waals surface area contributed by atoms with E-state index in [0.717, 1.165) is 23.7 Å². The first-order valence-corrected chi connectivity index (χ1v) is 10.8. The minimum absolute atomic E-state index is 0.0443. The van der Waals surface area contributed by atoms with Gasteiger partial charge in [0.25, 0.3) is 0 Å². The van der Waals surface area contributed by atoms with Gasteiger partial charge < -0.3 is 4.74 Å². The maximum absolute atomic E-state index is 11.8. The fraction of sp³-hybridized carbons (Fsp3) is 0.438. The molecule has 1 aliphatic rings. The normalized spacial score (nSPS) is 19.0. The molecule has 1 N–H and O–H groups in total. The molecule has 1 aromatic heterocycles. The van der Waals surface area contributed by atoms with E-state index < -0.39 is 21.9 Å². The molecule has 3 rings (SSSR count). The van der Waals surface area contributed by atoms with Gasteiger partial charge in [0.2, 0.25) is 5.16 Å². The van der Waals surface area contributed by atoms with Gasteiger partial charge in [-0.1, -0.05) is 43.0 Å². The number of carbonyl (C=O) groups excluding carboxylic acids is 1. The van der Waals surface area contributed by atoms with Crippen molar-refractivity contribution in [1.82, 2.24) is 15.2 Å². The van der Waals surface area contributed by atoms with E-state index in [9.17, 15) is 13.2 Å². The first kappa shape index (κ1) is 17.9. The lowest BCUT2D eigenvalue weighted by atomic mass is 10.1. The van der Waals surface area contributed by atoms with Crippen molar-refractivity contribution < 1.29 is 17.9 Å². The fourth-order valence-electron chi connectivity index (χ4n) is 2.54. The number of aryl methyl sites for hydroxylation is 1. The highest BCUT2D eigenvalue weighted by molar-refractivity contribution is 7.99. The molecule has 0 bridgehead atoms. The highest BCUT2D eigenvalue weighted by atomic mass is 32.2. The van der Waals surface area contributed by atoms with Crippen LogP contribution in [0.4, 0.5) is 0 Å². The summed E-state index contributed by atoms with van der Waals surface area (Å²) in [7, 11) is -3.05. The third-order valence-corrected chi connectivity index (χ3v) is 6.47. The molecule has 1 aromatic carbocycles. The molecule has 0 amide bonds. The predicted molar refractivity (Wildman–Crippen MR) is 95.1 cm³/mol. The summed E-state index contributed by atoms with van der Waals surface area (Å²) < 4.78 is 27.9. The largest absolute Gasteiger partial charge is 0.461 e. The van der Waals surface area contributed by atoms with Crippen molar-refractivity contribution in [3.63, 3.8) is 0 Å². The summed E-state index contributed by atoms with van der Waals surface area (Å²) >= 11 is 1.16. The molecule has 0 saturated carbocycles. The average Bonchev–Trinajstić information content (AvgIpc) is 3.19. The molecule has 1 aliphatic heterocycles. The van der Waals surface area contributed by atoms with Crippen molar-refractivity contribution in [3.8, 4) is 11.4 Å². The predicted octanol–water partition coefficient (Wildman–Crippen LogP) is 1.86. The van der Waals surface area contributed by atoms with Crippen molar-refractivity contribution in [1.29, 1.82) is 0 Å². The van der Waals surface area contributed by atoms with E-state index in [2.05, 4.69) is 22.1 Å². The number of carbonyl (C=O) groups is 1. The van der Waals surface area contributed by atoms with Crippen LogP contribution in [0, 0.1) is 0 Å². The second kappa shape index (κ2) is 7.57. The van der Waals surface area contributed by atoms with Crippen LogP contribution in [-0.4, -0.2) is 52.9 Å². The second-order valence-electron chi connectivity index (χ2n) is 5.82. The summed E-state index contributed by atoms with van der Waals surface area (Å²) in [5.41, 5.74) is 2.17. The SMILES string of the molecule is CCc1ccc(-c2nc(SCC(=O)O[C@H]3CCS(=O)(=O)C3)n[nH]2)cc1. The Labute approximate surface area is 150 Å². The van der Waals surface area contributed by atoms with Crippen LogP contribution in [0.25, 0.3) is 11.4 Å². The molecule has 1 saturated heterocycles. The lowest BCUT2D eigenvalue weighted by Crippen LogP contribution is -2.20. The second-order valence-corrected chi connectivity index (χ2v) is 8.99. The number of H-pyrrole nitrogens is 1. The van der Waals surface area contributed by atoms with Crippen LogP contribution in [0.15, 0.2) is 29.4 Å². The van der Waals surface area contributed by atoms with Crippen LogP contribution in [0.1, 0.15) is 18.9 Å². The highest BCUT2D eigenvalue weighted by Crippen LogP contribution is 2.21. The Hall–Kier alpha value is -1.87. The van der Waals surface area contributed by atoms with Gasteiger partial charge >= 0.3 is 5.97 Å². The van der Waals surface area contributed by atoms with Gasteiger partial charge in [-0.3, -0.25) is 9.89 Å². The van der Waals surface area contributed by atoms with Gasteiger partial charge in [-0.25, -0.2) is 13.4 Å². The Morgan fingerprint density at radius 2 is 2.12 bits per heavy atom. The molecule has 0 unspecified atom stereocenters. The van der Waals surface area contributed by atoms with E-state index >= 15 is 0 Å². The van der Waals surface area contributed by atoms with Gasteiger partial charge in [-0.2, -0.15) is 0 Å². The molecule has 2 aromatic rings. The lowest BCUT2D eigenvalue weighted by molar-refractivity contribution is -0.144. The topological polar surface area (TPSA) is 102 Å². The van der Waals surface area contributed by atoms with Crippen LogP contribution >= 0.6 is 11.8 Å². The zero-order chi connectivity index (χ0) is 17.9. The summed E-state index contributed by atoms with van der Waals surface area (Å²) in [4.78, 5) is 16.2. The minimum atomic E-state index is -3.05. The van der Waals surface area contributed by atoms with E-state index in [-0.39, 0.29) is 17.3 Å². The Balaban J connectivity index is 1.52. The number of benzene rings is 1. The molecule has 1 atom stereocenters. The van der Waals surface area contributed by atoms with Gasteiger partial charge in [0, 0.05) is 5.56 Å². The molecule has 25 heavy (non-hydrogen) atoms. The van der Waals surface area contributed by atoms with E-state index in [1.165, 1.54) is 5.56 Å². The maximum atomic E-state index is 11.8. The van der Waals surface area contributed by atoms with E-state index in [1.54, 1.807) is 0 Å². The van der Waals surface area contributed by atoms with E-state index in [4.69, 9.17) is 4.74 Å².